The lowest BCUT2D eigenvalue weighted by Crippen LogP contribution is -2.31. The lowest BCUT2D eigenvalue weighted by molar-refractivity contribution is 0.0951. The molecule has 0 unspecified atom stereocenters. The van der Waals surface area contributed by atoms with E-state index in [1.54, 1.807) is 66.7 Å². The van der Waals surface area contributed by atoms with E-state index in [2.05, 4.69) is 93.7 Å². The molecule has 0 atom stereocenters. The van der Waals surface area contributed by atoms with Crippen molar-refractivity contribution in [1.29, 1.82) is 0 Å². The van der Waals surface area contributed by atoms with Gasteiger partial charge in [-0.05, 0) is 91.9 Å². The van der Waals surface area contributed by atoms with Gasteiger partial charge >= 0.3 is 0 Å². The number of anilines is 8. The Morgan fingerprint density at radius 3 is 0.924 bits per heavy atom. The molecule has 0 saturated carbocycles. The van der Waals surface area contributed by atoms with Gasteiger partial charge in [-0.1, -0.05) is 60.7 Å². The molecule has 0 saturated heterocycles. The maximum absolute atomic E-state index is 14.0. The highest BCUT2D eigenvalue weighted by Gasteiger charge is 2.25. The molecule has 604 valence electrons. The van der Waals surface area contributed by atoms with E-state index < -0.39 is 111 Å². The average Bonchev–Trinajstić information content (AvgIpc) is 0.800. The average molecular weight is 1630 g/mol. The van der Waals surface area contributed by atoms with Crippen molar-refractivity contribution in [1.82, 2.24) is 82.8 Å². The Morgan fingerprint density at radius 2 is 0.593 bits per heavy atom. The summed E-state index contributed by atoms with van der Waals surface area (Å²) in [6, 6.07) is 36.6. The van der Waals surface area contributed by atoms with Gasteiger partial charge in [0.15, 0.2) is 75.1 Å². The van der Waals surface area contributed by atoms with Crippen LogP contribution in [0.4, 0.5) is 85.5 Å². The molecular formula is C77H65F9N24O8. The second-order valence-corrected chi connectivity index (χ2v) is 23.9. The van der Waals surface area contributed by atoms with Crippen LogP contribution in [0.3, 0.4) is 0 Å². The normalized spacial score (nSPS) is 10.4. The Hall–Kier alpha value is -16.4. The topological polar surface area (TPSA) is 488 Å². The number of nitrogen functional groups attached to an aromatic ring is 4. The summed E-state index contributed by atoms with van der Waals surface area (Å²) >= 11 is 0. The minimum Gasteiger partial charge on any atom is -0.382 e. The molecule has 8 amide bonds. The number of halogens is 9. The third-order valence-electron chi connectivity index (χ3n) is 16.1. The Morgan fingerprint density at radius 1 is 0.297 bits per heavy atom. The minimum atomic E-state index is -1.69. The highest BCUT2D eigenvalue weighted by molar-refractivity contribution is 6.01. The van der Waals surface area contributed by atoms with Gasteiger partial charge in [0, 0.05) is 90.4 Å². The summed E-state index contributed by atoms with van der Waals surface area (Å²) in [5.74, 6) is -14.6. The van der Waals surface area contributed by atoms with E-state index in [-0.39, 0.29) is 85.5 Å². The van der Waals surface area contributed by atoms with E-state index >= 15 is 0 Å². The first-order chi connectivity index (χ1) is 56.4. The largest absolute Gasteiger partial charge is 0.382 e. The van der Waals surface area contributed by atoms with Crippen LogP contribution in [0.2, 0.25) is 0 Å². The van der Waals surface area contributed by atoms with Crippen molar-refractivity contribution in [3.63, 3.8) is 0 Å². The fraction of sp³-hybridized carbons (Fsp3) is 0.0649. The van der Waals surface area contributed by atoms with Crippen LogP contribution in [0, 0.1) is 59.3 Å². The van der Waals surface area contributed by atoms with E-state index in [0.29, 0.717) is 51.0 Å². The number of amides is 8. The van der Waals surface area contributed by atoms with Crippen molar-refractivity contribution in [2.75, 3.05) is 72.8 Å². The quantitative estimate of drug-likeness (QED) is 0.0192. The number of hydrogen-bond donors (Lipinski definition) is 16. The molecule has 0 radical (unpaired) electrons. The molecule has 0 spiro atoms. The zero-order valence-electron chi connectivity index (χ0n) is 61.9. The molecule has 0 aliphatic carbocycles. The van der Waals surface area contributed by atoms with E-state index in [1.807, 2.05) is 10.9 Å². The number of benzene rings is 8. The Kier molecular flexibility index (Phi) is 28.4. The minimum absolute atomic E-state index is 0.00364. The standard InChI is InChI=1S/C20H16F4N6O2.2C19H16F2N6O2.C19H17FN6O2/c1-8-12(21)14(23)16(15(24)13(8)22)29-30-19(31)10-5-3-4-9(6-10)11-7-27-18(25)17(28-11)20(32)26-2;1-23-19(29)16-17(22)24-9-15(25-16)10-3-2-4-11(7-10)18(28)27-26-14-6-5-12(20)8-13(14)21;1-23-19(29)16-17(22)24-9-15(25-16)10-3-2-4-11(7-10)18(28)27-26-14-8-12(20)5-6-13(14)21;1-22-19(28)16-17(21)23-10-15(24-16)11-5-4-6-12(9-11)18(27)26-25-14-8-3-2-7-13(14)20/h3-7,29H,1-2H3,(H2,25,27)(H,26,32)(H,30,31);2*2-9,26H,1H3,(H2,22,24)(H,23,29)(H,27,28);2-10,25H,1H3,(H2,21,23)(H,22,28)(H,26,27). The third-order valence-corrected chi connectivity index (χ3v) is 16.1. The van der Waals surface area contributed by atoms with Gasteiger partial charge in [-0.3, -0.25) is 81.8 Å². The van der Waals surface area contributed by atoms with Crippen molar-refractivity contribution in [3.05, 3.63) is 285 Å². The predicted molar refractivity (Wildman–Crippen MR) is 416 cm³/mol. The molecular weight excluding hydrogens is 1560 g/mol. The van der Waals surface area contributed by atoms with Crippen molar-refractivity contribution in [2.45, 2.75) is 6.92 Å². The number of aromatic nitrogens is 8. The summed E-state index contributed by atoms with van der Waals surface area (Å²) in [6.45, 7) is 0.875. The highest BCUT2D eigenvalue weighted by atomic mass is 19.2. The molecule has 0 aliphatic rings. The van der Waals surface area contributed by atoms with Gasteiger partial charge in [-0.2, -0.15) is 0 Å². The predicted octanol–water partition coefficient (Wildman–Crippen LogP) is 8.93. The molecule has 12 rings (SSSR count). The van der Waals surface area contributed by atoms with Crippen molar-refractivity contribution < 1.29 is 77.9 Å². The number of hydrazine groups is 4. The summed E-state index contributed by atoms with van der Waals surface area (Å²) < 4.78 is 122. The van der Waals surface area contributed by atoms with Crippen LogP contribution in [-0.4, -0.2) is 115 Å². The van der Waals surface area contributed by atoms with Crippen LogP contribution in [0.5, 0.6) is 0 Å². The molecule has 0 aliphatic heterocycles. The summed E-state index contributed by atoms with van der Waals surface area (Å²) in [4.78, 5) is 129. The number of nitrogens with zero attached hydrogens (tertiary/aromatic N) is 8. The van der Waals surface area contributed by atoms with Crippen LogP contribution < -0.4 is 87.6 Å². The zero-order chi connectivity index (χ0) is 85.6. The van der Waals surface area contributed by atoms with Gasteiger partial charge in [0.2, 0.25) is 0 Å². The molecule has 4 heterocycles. The molecule has 0 fully saturated rings. The SMILES string of the molecule is CNC(=O)c1nc(-c2cccc(C(=O)NNc3c(F)c(F)c(C)c(F)c3F)c2)cnc1N.CNC(=O)c1nc(-c2cccc(C(=O)NNc3cc(F)ccc3F)c2)cnc1N.CNC(=O)c1nc(-c2cccc(C(=O)NNc3ccc(F)cc3F)c2)cnc1N.CNC(=O)c1nc(-c2cccc(C(=O)NNc3ccccc3F)c2)cnc1N. The van der Waals surface area contributed by atoms with Gasteiger partial charge in [-0.25, -0.2) is 79.4 Å². The van der Waals surface area contributed by atoms with E-state index in [4.69, 9.17) is 22.9 Å². The number of rotatable bonds is 20. The van der Waals surface area contributed by atoms with Gasteiger partial charge in [0.25, 0.3) is 47.3 Å². The zero-order valence-corrected chi connectivity index (χ0v) is 61.9. The van der Waals surface area contributed by atoms with E-state index in [9.17, 15) is 77.9 Å². The number of nitrogens with two attached hydrogens (primary N) is 4. The lowest BCUT2D eigenvalue weighted by atomic mass is 10.1. The van der Waals surface area contributed by atoms with Crippen LogP contribution in [0.1, 0.15) is 88.9 Å². The lowest BCUT2D eigenvalue weighted by Gasteiger charge is -2.13. The first-order valence-electron chi connectivity index (χ1n) is 33.9. The Bertz CT molecular complexity index is 5830. The van der Waals surface area contributed by atoms with Gasteiger partial charge in [-0.15, -0.1) is 0 Å². The van der Waals surface area contributed by atoms with Crippen LogP contribution >= 0.6 is 0 Å². The smallest absolute Gasteiger partial charge is 0.273 e. The number of nitrogens with one attached hydrogen (secondary N) is 12. The molecule has 0 bridgehead atoms. The van der Waals surface area contributed by atoms with Crippen molar-refractivity contribution >= 4 is 93.3 Å². The fourth-order valence-electron chi connectivity index (χ4n) is 9.95. The van der Waals surface area contributed by atoms with Crippen molar-refractivity contribution in [2.24, 2.45) is 0 Å². The molecule has 20 N–H and O–H groups in total. The Labute approximate surface area is 661 Å². The summed E-state index contributed by atoms with van der Waals surface area (Å²) in [7, 11) is 5.74. The second kappa shape index (κ2) is 39.2. The number of hydrogen-bond acceptors (Lipinski definition) is 24. The molecule has 32 nitrogen and oxygen atoms in total. The summed E-state index contributed by atoms with van der Waals surface area (Å²) in [5, 5.41) is 9.66. The maximum Gasteiger partial charge on any atom is 0.273 e. The second-order valence-electron chi connectivity index (χ2n) is 23.9. The first-order valence-corrected chi connectivity index (χ1v) is 33.9. The fourth-order valence-corrected chi connectivity index (χ4v) is 9.95. The van der Waals surface area contributed by atoms with Gasteiger partial charge in [0.05, 0.1) is 64.6 Å². The molecule has 118 heavy (non-hydrogen) atoms. The summed E-state index contributed by atoms with van der Waals surface area (Å²) in [5.41, 5.74) is 42.5. The number of para-hydroxylation sites is 1. The van der Waals surface area contributed by atoms with Gasteiger partial charge in [0.1, 0.15) is 29.0 Å². The van der Waals surface area contributed by atoms with Crippen LogP contribution in [0.15, 0.2) is 183 Å². The summed E-state index contributed by atoms with van der Waals surface area (Å²) in [6.07, 6.45) is 5.46. The van der Waals surface area contributed by atoms with E-state index in [1.165, 1.54) is 108 Å². The van der Waals surface area contributed by atoms with Gasteiger partial charge < -0.3 is 44.2 Å². The highest BCUT2D eigenvalue weighted by Crippen LogP contribution is 2.29. The molecule has 8 aromatic carbocycles. The van der Waals surface area contributed by atoms with Crippen LogP contribution in [0.25, 0.3) is 45.0 Å². The number of carbonyl (C=O) groups excluding carboxylic acids is 8. The molecule has 4 aromatic heterocycles. The maximum atomic E-state index is 14.0. The van der Waals surface area contributed by atoms with Crippen molar-refractivity contribution in [3.8, 4) is 45.0 Å². The van der Waals surface area contributed by atoms with E-state index in [0.717, 1.165) is 37.3 Å². The monoisotopic (exact) mass is 1620 g/mol. The molecule has 41 heteroatoms. The molecule has 12 aromatic rings. The Balaban J connectivity index is 0.000000180. The third kappa shape index (κ3) is 21.4. The number of carbonyl (C=O) groups is 8. The first kappa shape index (κ1) is 85.6. The van der Waals surface area contributed by atoms with Crippen LogP contribution in [-0.2, 0) is 0 Å².